The Labute approximate surface area is 261 Å². The van der Waals surface area contributed by atoms with Gasteiger partial charge in [0.05, 0.1) is 24.2 Å². The van der Waals surface area contributed by atoms with Crippen LogP contribution in [0.25, 0.3) is 11.0 Å². The molecule has 1 aromatic heterocycles. The number of fused-ring (bicyclic) bond motifs is 1. The van der Waals surface area contributed by atoms with Gasteiger partial charge in [-0.05, 0) is 81.1 Å². The van der Waals surface area contributed by atoms with E-state index in [2.05, 4.69) is 35.7 Å². The number of likely N-dealkylation sites (tertiary alicyclic amines) is 1. The first-order valence-electron chi connectivity index (χ1n) is 15.8. The van der Waals surface area contributed by atoms with Crippen molar-refractivity contribution in [2.45, 2.75) is 32.2 Å². The van der Waals surface area contributed by atoms with Gasteiger partial charge >= 0.3 is 0 Å². The molecule has 2 heterocycles. The highest BCUT2D eigenvalue weighted by Crippen LogP contribution is 2.25. The van der Waals surface area contributed by atoms with E-state index in [-0.39, 0.29) is 17.6 Å². The van der Waals surface area contributed by atoms with E-state index in [9.17, 15) is 9.59 Å². The third-order valence-corrected chi connectivity index (χ3v) is 8.65. The normalized spacial score (nSPS) is 14.8. The number of rotatable bonds is 15. The van der Waals surface area contributed by atoms with Gasteiger partial charge in [0.25, 0.3) is 5.91 Å². The summed E-state index contributed by atoms with van der Waals surface area (Å²) in [5.74, 6) is 1.03. The molecule has 3 aromatic carbocycles. The van der Waals surface area contributed by atoms with Crippen LogP contribution in [-0.2, 0) is 17.7 Å². The second-order valence-corrected chi connectivity index (χ2v) is 11.8. The maximum Gasteiger partial charge on any atom is 0.253 e. The Morgan fingerprint density at radius 1 is 0.977 bits per heavy atom. The van der Waals surface area contributed by atoms with Gasteiger partial charge in [0.15, 0.2) is 5.82 Å². The minimum absolute atomic E-state index is 0.0364. The summed E-state index contributed by atoms with van der Waals surface area (Å²) in [7, 11) is 1.91. The van der Waals surface area contributed by atoms with Crippen molar-refractivity contribution < 1.29 is 14.3 Å². The minimum atomic E-state index is -0.0364. The van der Waals surface area contributed by atoms with Crippen LogP contribution < -0.4 is 0 Å². The van der Waals surface area contributed by atoms with Crippen molar-refractivity contribution in [2.75, 3.05) is 46.4 Å². The summed E-state index contributed by atoms with van der Waals surface area (Å²) in [6.45, 7) is 8.70. The number of piperidine rings is 1. The summed E-state index contributed by atoms with van der Waals surface area (Å²) in [5, 5.41) is 0. The van der Waals surface area contributed by atoms with E-state index in [1.165, 1.54) is 5.56 Å². The number of amides is 1. The van der Waals surface area contributed by atoms with Gasteiger partial charge in [-0.2, -0.15) is 0 Å². The summed E-state index contributed by atoms with van der Waals surface area (Å²) in [4.78, 5) is 36.0. The zero-order valence-electron chi connectivity index (χ0n) is 25.8. The smallest absolute Gasteiger partial charge is 0.253 e. The molecule has 1 atom stereocenters. The van der Waals surface area contributed by atoms with Crippen molar-refractivity contribution in [1.82, 2.24) is 19.4 Å². The first kappa shape index (κ1) is 31.4. The van der Waals surface area contributed by atoms with Gasteiger partial charge in [0.1, 0.15) is 0 Å². The van der Waals surface area contributed by atoms with Gasteiger partial charge in [-0.1, -0.05) is 66.7 Å². The van der Waals surface area contributed by atoms with Crippen LogP contribution in [0.3, 0.4) is 0 Å². The van der Waals surface area contributed by atoms with Crippen LogP contribution in [0, 0.1) is 11.8 Å². The third-order valence-electron chi connectivity index (χ3n) is 8.65. The molecule has 0 spiro atoms. The Bertz CT molecular complexity index is 1510. The first-order valence-corrected chi connectivity index (χ1v) is 15.8. The Morgan fingerprint density at radius 2 is 1.66 bits per heavy atom. The lowest BCUT2D eigenvalue weighted by Crippen LogP contribution is -2.39. The van der Waals surface area contributed by atoms with Gasteiger partial charge in [0.2, 0.25) is 5.78 Å². The molecule has 5 rings (SSSR count). The second-order valence-electron chi connectivity index (χ2n) is 11.8. The number of para-hydroxylation sites is 2. The highest BCUT2D eigenvalue weighted by molar-refractivity contribution is 5.98. The molecule has 1 fully saturated rings. The number of benzene rings is 3. The number of hydrogen-bond acceptors (Lipinski definition) is 5. The predicted molar refractivity (Wildman–Crippen MR) is 176 cm³/mol. The number of ether oxygens (including phenoxy) is 1. The summed E-state index contributed by atoms with van der Waals surface area (Å²) >= 11 is 0. The van der Waals surface area contributed by atoms with Crippen molar-refractivity contribution in [3.05, 3.63) is 115 Å². The Kier molecular flexibility index (Phi) is 11.1. The van der Waals surface area contributed by atoms with Crippen molar-refractivity contribution in [2.24, 2.45) is 11.8 Å². The molecule has 0 bridgehead atoms. The van der Waals surface area contributed by atoms with Crippen molar-refractivity contribution >= 4 is 22.7 Å². The second kappa shape index (κ2) is 15.6. The molecule has 0 aliphatic carbocycles. The highest BCUT2D eigenvalue weighted by atomic mass is 16.5. The zero-order chi connectivity index (χ0) is 30.7. The van der Waals surface area contributed by atoms with Gasteiger partial charge in [-0.25, -0.2) is 4.98 Å². The molecule has 0 radical (unpaired) electrons. The Balaban J connectivity index is 1.19. The standard InChI is InChI=1S/C37H44N4O3/c1-3-25-44-26-24-41-34-17-11-10-16-33(34)38-36(41)35(42)31-19-22-40(23-20-31)21-18-30(27-29-12-6-4-7-13-29)28-39(2)37(43)32-14-8-5-9-15-32/h3-17,30-31H,1,18-28H2,2H3. The Hall–Kier alpha value is -4.07. The number of carbonyl (C=O) groups is 2. The zero-order valence-corrected chi connectivity index (χ0v) is 25.8. The molecule has 7 nitrogen and oxygen atoms in total. The number of nitrogens with zero attached hydrogens (tertiary/aromatic N) is 4. The maximum absolute atomic E-state index is 13.8. The number of imidazole rings is 1. The topological polar surface area (TPSA) is 67.7 Å². The van der Waals surface area contributed by atoms with Gasteiger partial charge in [0, 0.05) is 31.6 Å². The number of carbonyl (C=O) groups excluding carboxylic acids is 2. The van der Waals surface area contributed by atoms with Crippen molar-refractivity contribution in [1.29, 1.82) is 0 Å². The quantitative estimate of drug-likeness (QED) is 0.0941. The molecule has 230 valence electrons. The number of hydrogen-bond donors (Lipinski definition) is 0. The lowest BCUT2D eigenvalue weighted by Gasteiger charge is -2.33. The average molecular weight is 593 g/mol. The molecular weight excluding hydrogens is 548 g/mol. The average Bonchev–Trinajstić information content (AvgIpc) is 3.44. The first-order chi connectivity index (χ1) is 21.5. The predicted octanol–water partition coefficient (Wildman–Crippen LogP) is 6.15. The van der Waals surface area contributed by atoms with Gasteiger partial charge in [-0.3, -0.25) is 9.59 Å². The molecule has 7 heteroatoms. The lowest BCUT2D eigenvalue weighted by molar-refractivity contribution is 0.0759. The van der Waals surface area contributed by atoms with Crippen LogP contribution in [-0.4, -0.2) is 77.5 Å². The van der Waals surface area contributed by atoms with E-state index in [4.69, 9.17) is 9.72 Å². The largest absolute Gasteiger partial charge is 0.376 e. The molecule has 0 N–H and O–H groups in total. The summed E-state index contributed by atoms with van der Waals surface area (Å²) in [6, 6.07) is 28.0. The molecular formula is C37H44N4O3. The third kappa shape index (κ3) is 8.10. The summed E-state index contributed by atoms with van der Waals surface area (Å²) in [6.07, 6.45) is 5.29. The van der Waals surface area contributed by atoms with Crippen LogP contribution in [0.15, 0.2) is 97.6 Å². The van der Waals surface area contributed by atoms with E-state index in [0.717, 1.165) is 61.9 Å². The molecule has 44 heavy (non-hydrogen) atoms. The van der Waals surface area contributed by atoms with E-state index < -0.39 is 0 Å². The number of ketones is 1. The molecule has 1 aliphatic heterocycles. The van der Waals surface area contributed by atoms with E-state index >= 15 is 0 Å². The highest BCUT2D eigenvalue weighted by Gasteiger charge is 2.30. The van der Waals surface area contributed by atoms with E-state index in [1.807, 2.05) is 77.2 Å². The fourth-order valence-electron chi connectivity index (χ4n) is 6.26. The molecule has 1 amide bonds. The van der Waals surface area contributed by atoms with Crippen LogP contribution in [0.2, 0.25) is 0 Å². The van der Waals surface area contributed by atoms with Crippen LogP contribution in [0.5, 0.6) is 0 Å². The van der Waals surface area contributed by atoms with Crippen LogP contribution in [0.1, 0.15) is 45.8 Å². The molecule has 4 aromatic rings. The fraction of sp³-hybridized carbons (Fsp3) is 0.378. The Morgan fingerprint density at radius 3 is 2.39 bits per heavy atom. The van der Waals surface area contributed by atoms with Crippen LogP contribution >= 0.6 is 0 Å². The monoisotopic (exact) mass is 592 g/mol. The molecule has 0 saturated carbocycles. The minimum Gasteiger partial charge on any atom is -0.376 e. The number of aromatic nitrogens is 2. The van der Waals surface area contributed by atoms with Crippen LogP contribution in [0.4, 0.5) is 0 Å². The summed E-state index contributed by atoms with van der Waals surface area (Å²) in [5.41, 5.74) is 3.83. The van der Waals surface area contributed by atoms with Crippen molar-refractivity contribution in [3.8, 4) is 0 Å². The summed E-state index contributed by atoms with van der Waals surface area (Å²) < 4.78 is 7.66. The van der Waals surface area contributed by atoms with Crippen molar-refractivity contribution in [3.63, 3.8) is 0 Å². The maximum atomic E-state index is 13.8. The fourth-order valence-corrected chi connectivity index (χ4v) is 6.26. The van der Waals surface area contributed by atoms with Gasteiger partial charge < -0.3 is 19.1 Å². The lowest BCUT2D eigenvalue weighted by atomic mass is 9.91. The van der Waals surface area contributed by atoms with Gasteiger partial charge in [-0.15, -0.1) is 6.58 Å². The van der Waals surface area contributed by atoms with E-state index in [1.54, 1.807) is 6.08 Å². The molecule has 1 unspecified atom stereocenters. The van der Waals surface area contributed by atoms with E-state index in [0.29, 0.717) is 38.0 Å². The SMILES string of the molecule is C=CCOCCn1c(C(=O)C2CCN(CCC(Cc3ccccc3)CN(C)C(=O)c3ccccc3)CC2)nc2ccccc21. The molecule has 1 aliphatic rings. The molecule has 1 saturated heterocycles. The number of Topliss-reactive ketones (excluding diaryl/α,β-unsaturated/α-hetero) is 1.